The molecule has 4 nitrogen and oxygen atoms in total. The summed E-state index contributed by atoms with van der Waals surface area (Å²) in [4.78, 5) is 14.0. The normalized spacial score (nSPS) is 19.6. The Kier molecular flexibility index (Phi) is 4.93. The summed E-state index contributed by atoms with van der Waals surface area (Å²) in [6, 6.07) is 7.70. The van der Waals surface area contributed by atoms with Crippen LogP contribution in [0, 0.1) is 5.92 Å². The Hall–Kier alpha value is -1.39. The monoisotopic (exact) mass is 261 g/mol. The number of likely N-dealkylation sites (tertiary alicyclic amines) is 1. The first-order valence-corrected chi connectivity index (χ1v) is 7.05. The Morgan fingerprint density at radius 2 is 2.37 bits per heavy atom. The van der Waals surface area contributed by atoms with Crippen LogP contribution in [0.1, 0.15) is 42.1 Å². The van der Waals surface area contributed by atoms with Crippen molar-refractivity contribution in [1.29, 1.82) is 0 Å². The van der Waals surface area contributed by atoms with Gasteiger partial charge < -0.3 is 0 Å². The molecule has 4 heteroatoms. The van der Waals surface area contributed by atoms with Gasteiger partial charge in [-0.25, -0.2) is 5.84 Å². The molecule has 1 saturated heterocycles. The number of hydrogen-bond acceptors (Lipinski definition) is 3. The fourth-order valence-corrected chi connectivity index (χ4v) is 2.85. The maximum absolute atomic E-state index is 11.5. The van der Waals surface area contributed by atoms with Crippen molar-refractivity contribution in [1.82, 2.24) is 10.3 Å². The van der Waals surface area contributed by atoms with E-state index in [-0.39, 0.29) is 5.91 Å². The van der Waals surface area contributed by atoms with Crippen molar-refractivity contribution in [2.75, 3.05) is 13.1 Å². The molecule has 1 aliphatic rings. The molecule has 0 spiro atoms. The number of nitrogens with two attached hydrogens (primary N) is 1. The van der Waals surface area contributed by atoms with Crippen LogP contribution < -0.4 is 11.3 Å². The molecule has 1 aromatic carbocycles. The van der Waals surface area contributed by atoms with Gasteiger partial charge in [0.05, 0.1) is 0 Å². The molecule has 1 fully saturated rings. The van der Waals surface area contributed by atoms with Crippen LogP contribution in [0.25, 0.3) is 0 Å². The van der Waals surface area contributed by atoms with Crippen LogP contribution in [-0.2, 0) is 6.54 Å². The quantitative estimate of drug-likeness (QED) is 0.483. The molecule has 19 heavy (non-hydrogen) atoms. The second-order valence-corrected chi connectivity index (χ2v) is 5.35. The van der Waals surface area contributed by atoms with Crippen LogP contribution in [0.15, 0.2) is 24.3 Å². The third-order valence-electron chi connectivity index (χ3n) is 3.79. The number of rotatable bonds is 5. The number of carbonyl (C=O) groups is 1. The standard InChI is InChI=1S/C15H23N3O/c1-2-4-12-7-8-18(10-12)11-13-5-3-6-14(9-13)15(19)17-16/h3,5-6,9,12H,2,4,7-8,10-11,16H2,1H3,(H,17,19). The largest absolute Gasteiger partial charge is 0.299 e. The molecule has 1 atom stereocenters. The van der Waals surface area contributed by atoms with Crippen molar-refractivity contribution >= 4 is 5.91 Å². The van der Waals surface area contributed by atoms with E-state index in [4.69, 9.17) is 5.84 Å². The van der Waals surface area contributed by atoms with Crippen molar-refractivity contribution in [2.24, 2.45) is 11.8 Å². The first-order chi connectivity index (χ1) is 9.22. The van der Waals surface area contributed by atoms with Crippen LogP contribution >= 0.6 is 0 Å². The van der Waals surface area contributed by atoms with Gasteiger partial charge in [0.1, 0.15) is 0 Å². The van der Waals surface area contributed by atoms with Crippen LogP contribution in [0.5, 0.6) is 0 Å². The van der Waals surface area contributed by atoms with E-state index in [1.54, 1.807) is 6.07 Å². The van der Waals surface area contributed by atoms with Gasteiger partial charge in [0.25, 0.3) is 5.91 Å². The number of carbonyl (C=O) groups excluding carboxylic acids is 1. The Balaban J connectivity index is 1.94. The second kappa shape index (κ2) is 6.68. The number of amides is 1. The Labute approximate surface area is 114 Å². The molecule has 0 bridgehead atoms. The van der Waals surface area contributed by atoms with E-state index >= 15 is 0 Å². The Morgan fingerprint density at radius 3 is 3.11 bits per heavy atom. The minimum Gasteiger partial charge on any atom is -0.299 e. The van der Waals surface area contributed by atoms with Gasteiger partial charge in [-0.15, -0.1) is 0 Å². The van der Waals surface area contributed by atoms with Crippen molar-refractivity contribution < 1.29 is 4.79 Å². The van der Waals surface area contributed by atoms with E-state index < -0.39 is 0 Å². The molecule has 0 aliphatic carbocycles. The fourth-order valence-electron chi connectivity index (χ4n) is 2.85. The SMILES string of the molecule is CCCC1CCN(Cc2cccc(C(=O)NN)c2)C1. The summed E-state index contributed by atoms with van der Waals surface area (Å²) < 4.78 is 0. The van der Waals surface area contributed by atoms with Gasteiger partial charge in [-0.05, 0) is 43.0 Å². The van der Waals surface area contributed by atoms with Crippen molar-refractivity contribution in [2.45, 2.75) is 32.7 Å². The highest BCUT2D eigenvalue weighted by Gasteiger charge is 2.21. The molecule has 0 radical (unpaired) electrons. The van der Waals surface area contributed by atoms with E-state index in [1.165, 1.54) is 31.4 Å². The van der Waals surface area contributed by atoms with Crippen molar-refractivity contribution in [3.05, 3.63) is 35.4 Å². The molecule has 104 valence electrons. The highest BCUT2D eigenvalue weighted by atomic mass is 16.2. The molecule has 1 amide bonds. The summed E-state index contributed by atoms with van der Waals surface area (Å²) >= 11 is 0. The highest BCUT2D eigenvalue weighted by molar-refractivity contribution is 5.93. The summed E-state index contributed by atoms with van der Waals surface area (Å²) in [5.74, 6) is 5.78. The van der Waals surface area contributed by atoms with E-state index in [9.17, 15) is 4.79 Å². The molecule has 1 unspecified atom stereocenters. The number of nitrogens with zero attached hydrogens (tertiary/aromatic N) is 1. The van der Waals surface area contributed by atoms with Gasteiger partial charge >= 0.3 is 0 Å². The number of benzene rings is 1. The van der Waals surface area contributed by atoms with Crippen LogP contribution in [0.3, 0.4) is 0 Å². The minimum atomic E-state index is -0.230. The molecular weight excluding hydrogens is 238 g/mol. The van der Waals surface area contributed by atoms with Crippen molar-refractivity contribution in [3.63, 3.8) is 0 Å². The lowest BCUT2D eigenvalue weighted by molar-refractivity contribution is 0.0953. The summed E-state index contributed by atoms with van der Waals surface area (Å²) in [6.07, 6.45) is 3.90. The van der Waals surface area contributed by atoms with E-state index in [2.05, 4.69) is 23.3 Å². The maximum Gasteiger partial charge on any atom is 0.265 e. The van der Waals surface area contributed by atoms with Crippen LogP contribution in [-0.4, -0.2) is 23.9 Å². The van der Waals surface area contributed by atoms with E-state index in [0.29, 0.717) is 5.56 Å². The predicted molar refractivity (Wildman–Crippen MR) is 76.4 cm³/mol. The van der Waals surface area contributed by atoms with Gasteiger partial charge in [0, 0.05) is 18.7 Å². The fraction of sp³-hybridized carbons (Fsp3) is 0.533. The summed E-state index contributed by atoms with van der Waals surface area (Å²) in [6.45, 7) is 5.52. The molecule has 2 rings (SSSR count). The third-order valence-corrected chi connectivity index (χ3v) is 3.79. The molecule has 1 heterocycles. The third kappa shape index (κ3) is 3.78. The zero-order chi connectivity index (χ0) is 13.7. The number of nitrogens with one attached hydrogen (secondary N) is 1. The second-order valence-electron chi connectivity index (χ2n) is 5.35. The molecule has 1 aliphatic heterocycles. The topological polar surface area (TPSA) is 58.4 Å². The molecular formula is C15H23N3O. The van der Waals surface area contributed by atoms with E-state index in [1.807, 2.05) is 12.1 Å². The first-order valence-electron chi connectivity index (χ1n) is 7.05. The minimum absolute atomic E-state index is 0.230. The van der Waals surface area contributed by atoms with Crippen LogP contribution in [0.4, 0.5) is 0 Å². The lowest BCUT2D eigenvalue weighted by Gasteiger charge is -2.16. The highest BCUT2D eigenvalue weighted by Crippen LogP contribution is 2.22. The molecule has 0 aromatic heterocycles. The zero-order valence-electron chi connectivity index (χ0n) is 11.6. The van der Waals surface area contributed by atoms with E-state index in [0.717, 1.165) is 19.0 Å². The summed E-state index contributed by atoms with van der Waals surface area (Å²) in [5.41, 5.74) is 3.98. The lowest BCUT2D eigenvalue weighted by Crippen LogP contribution is -2.30. The van der Waals surface area contributed by atoms with Gasteiger partial charge in [-0.2, -0.15) is 0 Å². The maximum atomic E-state index is 11.5. The Bertz CT molecular complexity index is 433. The smallest absolute Gasteiger partial charge is 0.265 e. The average Bonchev–Trinajstić information content (AvgIpc) is 2.86. The van der Waals surface area contributed by atoms with Gasteiger partial charge in [0.2, 0.25) is 0 Å². The number of hydrazine groups is 1. The lowest BCUT2D eigenvalue weighted by atomic mass is 10.0. The van der Waals surface area contributed by atoms with Crippen molar-refractivity contribution in [3.8, 4) is 0 Å². The molecule has 1 aromatic rings. The zero-order valence-corrected chi connectivity index (χ0v) is 11.6. The Morgan fingerprint density at radius 1 is 1.53 bits per heavy atom. The first kappa shape index (κ1) is 14.0. The summed E-state index contributed by atoms with van der Waals surface area (Å²) in [5, 5.41) is 0. The number of hydrogen-bond donors (Lipinski definition) is 2. The van der Waals surface area contributed by atoms with Crippen LogP contribution in [0.2, 0.25) is 0 Å². The predicted octanol–water partition coefficient (Wildman–Crippen LogP) is 1.91. The number of nitrogen functional groups attached to an aromatic ring is 1. The molecule has 3 N–H and O–H groups in total. The van der Waals surface area contributed by atoms with Gasteiger partial charge in [0.15, 0.2) is 0 Å². The average molecular weight is 261 g/mol. The van der Waals surface area contributed by atoms with Gasteiger partial charge in [-0.1, -0.05) is 25.5 Å². The summed E-state index contributed by atoms with van der Waals surface area (Å²) in [7, 11) is 0. The molecule has 0 saturated carbocycles. The van der Waals surface area contributed by atoms with Gasteiger partial charge in [-0.3, -0.25) is 15.1 Å².